The van der Waals surface area contributed by atoms with Gasteiger partial charge in [-0.2, -0.15) is 0 Å². The molecule has 6 heteroatoms. The third-order valence-electron chi connectivity index (χ3n) is 3.33. The third-order valence-corrected chi connectivity index (χ3v) is 3.95. The Kier molecular flexibility index (Phi) is 5.24. The van der Waals surface area contributed by atoms with Gasteiger partial charge >= 0.3 is 0 Å². The van der Waals surface area contributed by atoms with Gasteiger partial charge in [0.2, 0.25) is 6.43 Å². The lowest BCUT2D eigenvalue weighted by atomic mass is 10.0. The lowest BCUT2D eigenvalue weighted by molar-refractivity contribution is 0.0725. The maximum absolute atomic E-state index is 14.1. The Morgan fingerprint density at radius 1 is 1.26 bits per heavy atom. The van der Waals surface area contributed by atoms with Crippen LogP contribution in [-0.4, -0.2) is 37.5 Å². The van der Waals surface area contributed by atoms with Gasteiger partial charge in [-0.05, 0) is 22.0 Å². The van der Waals surface area contributed by atoms with E-state index in [2.05, 4.69) is 21.2 Å². The zero-order valence-corrected chi connectivity index (χ0v) is 12.0. The van der Waals surface area contributed by atoms with Crippen molar-refractivity contribution >= 4 is 15.9 Å². The van der Waals surface area contributed by atoms with Gasteiger partial charge in [0.25, 0.3) is 0 Å². The molecule has 1 atom stereocenters. The van der Waals surface area contributed by atoms with Crippen LogP contribution in [0.3, 0.4) is 0 Å². The zero-order valence-electron chi connectivity index (χ0n) is 10.4. The Hall–Kier alpha value is -0.590. The molecular formula is C13H16BrF3N2. The Labute approximate surface area is 119 Å². The second-order valence-corrected chi connectivity index (χ2v) is 5.43. The molecular weight excluding hydrogens is 321 g/mol. The monoisotopic (exact) mass is 336 g/mol. The number of hydrogen-bond donors (Lipinski definition) is 1. The molecule has 0 spiro atoms. The van der Waals surface area contributed by atoms with Gasteiger partial charge in [0.1, 0.15) is 5.82 Å². The van der Waals surface area contributed by atoms with E-state index in [4.69, 9.17) is 0 Å². The lowest BCUT2D eigenvalue weighted by Gasteiger charge is -2.35. The van der Waals surface area contributed by atoms with Crippen LogP contribution in [0.2, 0.25) is 0 Å². The van der Waals surface area contributed by atoms with Crippen LogP contribution in [0.25, 0.3) is 0 Å². The summed E-state index contributed by atoms with van der Waals surface area (Å²) < 4.78 is 40.0. The van der Waals surface area contributed by atoms with E-state index in [-0.39, 0.29) is 6.42 Å². The smallest absolute Gasteiger partial charge is 0.240 e. The SMILES string of the molecule is Fc1c(Br)cccc1[C@H](CC(F)F)N1CCNCC1. The van der Waals surface area contributed by atoms with Crippen LogP contribution in [0.1, 0.15) is 18.0 Å². The average Bonchev–Trinajstić information content (AvgIpc) is 2.40. The summed E-state index contributed by atoms with van der Waals surface area (Å²) in [5.41, 5.74) is 0.344. The number of halogens is 4. The number of nitrogens with one attached hydrogen (secondary N) is 1. The van der Waals surface area contributed by atoms with E-state index in [1.807, 2.05) is 4.90 Å². The fraction of sp³-hybridized carbons (Fsp3) is 0.538. The van der Waals surface area contributed by atoms with Gasteiger partial charge in [-0.15, -0.1) is 0 Å². The molecule has 19 heavy (non-hydrogen) atoms. The summed E-state index contributed by atoms with van der Waals surface area (Å²) in [6, 6.07) is 4.29. The Bertz CT molecular complexity index is 422. The van der Waals surface area contributed by atoms with E-state index >= 15 is 0 Å². The molecule has 1 heterocycles. The largest absolute Gasteiger partial charge is 0.314 e. The molecule has 1 fully saturated rings. The van der Waals surface area contributed by atoms with Crippen molar-refractivity contribution in [3.8, 4) is 0 Å². The molecule has 0 saturated carbocycles. The number of hydrogen-bond acceptors (Lipinski definition) is 2. The molecule has 1 aromatic carbocycles. The van der Waals surface area contributed by atoms with Crippen LogP contribution in [0.15, 0.2) is 22.7 Å². The van der Waals surface area contributed by atoms with Crippen molar-refractivity contribution in [3.05, 3.63) is 34.1 Å². The molecule has 1 aliphatic heterocycles. The minimum atomic E-state index is -2.45. The van der Waals surface area contributed by atoms with Gasteiger partial charge in [-0.1, -0.05) is 12.1 Å². The van der Waals surface area contributed by atoms with Gasteiger partial charge in [0, 0.05) is 44.2 Å². The fourth-order valence-corrected chi connectivity index (χ4v) is 2.79. The van der Waals surface area contributed by atoms with Crippen molar-refractivity contribution in [2.45, 2.75) is 18.9 Å². The normalized spacial score (nSPS) is 18.8. The molecule has 0 aromatic heterocycles. The van der Waals surface area contributed by atoms with Crippen molar-refractivity contribution in [1.29, 1.82) is 0 Å². The molecule has 2 rings (SSSR count). The fourth-order valence-electron chi connectivity index (χ4n) is 2.41. The molecule has 0 unspecified atom stereocenters. The first-order valence-corrected chi connectivity index (χ1v) is 7.05. The number of benzene rings is 1. The molecule has 1 aliphatic rings. The van der Waals surface area contributed by atoms with Crippen molar-refractivity contribution < 1.29 is 13.2 Å². The van der Waals surface area contributed by atoms with Crippen LogP contribution >= 0.6 is 15.9 Å². The van der Waals surface area contributed by atoms with Gasteiger partial charge in [0.15, 0.2) is 0 Å². The first-order valence-electron chi connectivity index (χ1n) is 6.26. The lowest BCUT2D eigenvalue weighted by Crippen LogP contribution is -2.45. The summed E-state index contributed by atoms with van der Waals surface area (Å²) in [7, 11) is 0. The topological polar surface area (TPSA) is 15.3 Å². The standard InChI is InChI=1S/C13H16BrF3N2/c14-10-3-1-2-9(13(10)17)11(8-12(15)16)19-6-4-18-5-7-19/h1-3,11-12,18H,4-8H2/t11-/m0/s1. The molecule has 1 N–H and O–H groups in total. The van der Waals surface area contributed by atoms with E-state index in [0.717, 1.165) is 13.1 Å². The summed E-state index contributed by atoms with van der Waals surface area (Å²) >= 11 is 3.11. The van der Waals surface area contributed by atoms with Gasteiger partial charge in [-0.25, -0.2) is 13.2 Å². The number of piperazine rings is 1. The third kappa shape index (κ3) is 3.70. The summed E-state index contributed by atoms with van der Waals surface area (Å²) in [5.74, 6) is -0.438. The van der Waals surface area contributed by atoms with Crippen LogP contribution in [0, 0.1) is 5.82 Å². The Balaban J connectivity index is 2.27. The van der Waals surface area contributed by atoms with Crippen LogP contribution in [0.5, 0.6) is 0 Å². The van der Waals surface area contributed by atoms with Gasteiger partial charge < -0.3 is 5.32 Å². The molecule has 0 bridgehead atoms. The predicted octanol–water partition coefficient (Wildman–Crippen LogP) is 3.19. The van der Waals surface area contributed by atoms with Crippen LogP contribution in [0.4, 0.5) is 13.2 Å². The molecule has 0 radical (unpaired) electrons. The minimum absolute atomic E-state index is 0.319. The molecule has 0 aliphatic carbocycles. The number of nitrogens with zero attached hydrogens (tertiary/aromatic N) is 1. The molecule has 1 saturated heterocycles. The van der Waals surface area contributed by atoms with Crippen molar-refractivity contribution in [1.82, 2.24) is 10.2 Å². The van der Waals surface area contributed by atoms with Gasteiger partial charge in [0.05, 0.1) is 4.47 Å². The van der Waals surface area contributed by atoms with Crippen molar-refractivity contribution in [2.24, 2.45) is 0 Å². The molecule has 2 nitrogen and oxygen atoms in total. The first kappa shape index (κ1) is 14.8. The summed E-state index contributed by atoms with van der Waals surface area (Å²) in [6.45, 7) is 2.80. The average molecular weight is 337 g/mol. The second-order valence-electron chi connectivity index (χ2n) is 4.57. The number of rotatable bonds is 4. The minimum Gasteiger partial charge on any atom is -0.314 e. The van der Waals surface area contributed by atoms with E-state index < -0.39 is 18.3 Å². The highest BCUT2D eigenvalue weighted by Crippen LogP contribution is 2.32. The quantitative estimate of drug-likeness (QED) is 0.908. The highest BCUT2D eigenvalue weighted by molar-refractivity contribution is 9.10. The van der Waals surface area contributed by atoms with Crippen molar-refractivity contribution in [2.75, 3.05) is 26.2 Å². The van der Waals surface area contributed by atoms with E-state index in [0.29, 0.717) is 23.1 Å². The Morgan fingerprint density at radius 3 is 2.58 bits per heavy atom. The second kappa shape index (κ2) is 6.72. The summed E-state index contributed by atoms with van der Waals surface area (Å²) in [6.07, 6.45) is -2.79. The molecule has 1 aromatic rings. The highest BCUT2D eigenvalue weighted by atomic mass is 79.9. The predicted molar refractivity (Wildman–Crippen MR) is 71.9 cm³/mol. The first-order chi connectivity index (χ1) is 9.09. The van der Waals surface area contributed by atoms with Crippen molar-refractivity contribution in [3.63, 3.8) is 0 Å². The molecule has 106 valence electrons. The van der Waals surface area contributed by atoms with Crippen LogP contribution in [-0.2, 0) is 0 Å². The van der Waals surface area contributed by atoms with E-state index in [1.165, 1.54) is 0 Å². The zero-order chi connectivity index (χ0) is 13.8. The van der Waals surface area contributed by atoms with E-state index in [1.54, 1.807) is 18.2 Å². The number of alkyl halides is 2. The van der Waals surface area contributed by atoms with E-state index in [9.17, 15) is 13.2 Å². The van der Waals surface area contributed by atoms with Gasteiger partial charge in [-0.3, -0.25) is 4.90 Å². The molecule has 0 amide bonds. The maximum Gasteiger partial charge on any atom is 0.240 e. The maximum atomic E-state index is 14.1. The van der Waals surface area contributed by atoms with Crippen LogP contribution < -0.4 is 5.32 Å². The summed E-state index contributed by atoms with van der Waals surface area (Å²) in [5, 5.41) is 3.17. The highest BCUT2D eigenvalue weighted by Gasteiger charge is 2.28. The Morgan fingerprint density at radius 2 is 1.95 bits per heavy atom. The summed E-state index contributed by atoms with van der Waals surface area (Å²) in [4.78, 5) is 1.92.